The second-order valence-electron chi connectivity index (χ2n) is 4.70. The number of carbonyl (C=O) groups is 2. The van der Waals surface area contributed by atoms with Crippen LogP contribution in [-0.4, -0.2) is 23.5 Å². The molecule has 0 saturated heterocycles. The Morgan fingerprint density at radius 3 is 2.42 bits per heavy atom. The summed E-state index contributed by atoms with van der Waals surface area (Å²) in [5.74, 6) is -1.28. The minimum Gasteiger partial charge on any atom is -0.480 e. The van der Waals surface area contributed by atoms with Crippen LogP contribution >= 0.6 is 0 Å². The number of unbranched alkanes of at least 4 members (excludes halogenated alkanes) is 1. The summed E-state index contributed by atoms with van der Waals surface area (Å²) in [7, 11) is 0. The third-order valence-electron chi connectivity index (χ3n) is 3.04. The molecule has 0 aromatic heterocycles. The molecule has 1 rings (SSSR count). The van der Waals surface area contributed by atoms with Gasteiger partial charge < -0.3 is 10.0 Å². The Morgan fingerprint density at radius 2 is 1.89 bits per heavy atom. The first-order valence-electron chi connectivity index (χ1n) is 6.64. The van der Waals surface area contributed by atoms with Gasteiger partial charge in [0.1, 0.15) is 6.54 Å². The van der Waals surface area contributed by atoms with Gasteiger partial charge in [-0.1, -0.05) is 44.9 Å². The number of anilines is 1. The van der Waals surface area contributed by atoms with Crippen LogP contribution in [0.1, 0.15) is 33.1 Å². The van der Waals surface area contributed by atoms with Gasteiger partial charge in [-0.15, -0.1) is 0 Å². The quantitative estimate of drug-likeness (QED) is 0.822. The second-order valence-corrected chi connectivity index (χ2v) is 4.70. The van der Waals surface area contributed by atoms with Crippen molar-refractivity contribution in [1.29, 1.82) is 0 Å². The zero-order valence-electron chi connectivity index (χ0n) is 11.5. The molecule has 0 fully saturated rings. The molecule has 1 N–H and O–H groups in total. The molecule has 1 atom stereocenters. The van der Waals surface area contributed by atoms with Gasteiger partial charge in [-0.05, 0) is 18.6 Å². The number of hydrogen-bond donors (Lipinski definition) is 1. The molecule has 0 bridgehead atoms. The summed E-state index contributed by atoms with van der Waals surface area (Å²) in [6, 6.07) is 8.95. The van der Waals surface area contributed by atoms with E-state index in [1.54, 1.807) is 24.3 Å². The minimum absolute atomic E-state index is 0.123. The highest BCUT2D eigenvalue weighted by Crippen LogP contribution is 2.18. The maximum atomic E-state index is 12.3. The standard InChI is InChI=1S/C15H21NO3/c1-3-4-8-12(2)15(19)16(11-14(17)18)13-9-6-5-7-10-13/h5-7,9-10,12H,3-4,8,11H2,1-2H3,(H,17,18). The molecule has 19 heavy (non-hydrogen) atoms. The lowest BCUT2D eigenvalue weighted by atomic mass is 10.0. The molecule has 1 unspecified atom stereocenters. The maximum absolute atomic E-state index is 12.3. The topological polar surface area (TPSA) is 57.6 Å². The summed E-state index contributed by atoms with van der Waals surface area (Å²) < 4.78 is 0. The molecule has 104 valence electrons. The number of aliphatic carboxylic acids is 1. The summed E-state index contributed by atoms with van der Waals surface area (Å²) in [5.41, 5.74) is 0.637. The lowest BCUT2D eigenvalue weighted by Crippen LogP contribution is -2.39. The van der Waals surface area contributed by atoms with Gasteiger partial charge in [-0.25, -0.2) is 0 Å². The number of amides is 1. The van der Waals surface area contributed by atoms with Gasteiger partial charge in [0.15, 0.2) is 0 Å². The van der Waals surface area contributed by atoms with Crippen LogP contribution in [0.15, 0.2) is 30.3 Å². The molecule has 0 saturated carbocycles. The van der Waals surface area contributed by atoms with Crippen molar-refractivity contribution in [2.45, 2.75) is 33.1 Å². The molecule has 0 spiro atoms. The molecule has 0 aliphatic rings. The Balaban J connectivity index is 2.85. The zero-order chi connectivity index (χ0) is 14.3. The molecular formula is C15H21NO3. The van der Waals surface area contributed by atoms with Crippen LogP contribution in [0, 0.1) is 5.92 Å². The summed E-state index contributed by atoms with van der Waals surface area (Å²) in [5, 5.41) is 8.96. The van der Waals surface area contributed by atoms with E-state index in [2.05, 4.69) is 6.92 Å². The lowest BCUT2D eigenvalue weighted by Gasteiger charge is -2.24. The lowest BCUT2D eigenvalue weighted by molar-refractivity contribution is -0.137. The SMILES string of the molecule is CCCCC(C)C(=O)N(CC(=O)O)c1ccccc1. The van der Waals surface area contributed by atoms with Crippen LogP contribution < -0.4 is 4.90 Å². The van der Waals surface area contributed by atoms with Crippen molar-refractivity contribution < 1.29 is 14.7 Å². The summed E-state index contributed by atoms with van der Waals surface area (Å²) >= 11 is 0. The fraction of sp³-hybridized carbons (Fsp3) is 0.467. The molecule has 4 nitrogen and oxygen atoms in total. The molecular weight excluding hydrogens is 242 g/mol. The van der Waals surface area contributed by atoms with E-state index < -0.39 is 5.97 Å². The first-order valence-corrected chi connectivity index (χ1v) is 6.64. The van der Waals surface area contributed by atoms with Crippen molar-refractivity contribution in [3.05, 3.63) is 30.3 Å². The molecule has 0 aliphatic carbocycles. The third kappa shape index (κ3) is 4.73. The molecule has 1 aromatic carbocycles. The van der Waals surface area contributed by atoms with Crippen molar-refractivity contribution >= 4 is 17.6 Å². The number of benzene rings is 1. The Labute approximate surface area is 114 Å². The number of rotatable bonds is 7. The Kier molecular flexibility index (Phi) is 6.06. The van der Waals surface area contributed by atoms with E-state index in [0.29, 0.717) is 5.69 Å². The second kappa shape index (κ2) is 7.56. The van der Waals surface area contributed by atoms with Crippen molar-refractivity contribution in [2.24, 2.45) is 5.92 Å². The van der Waals surface area contributed by atoms with Gasteiger partial charge in [-0.2, -0.15) is 0 Å². The van der Waals surface area contributed by atoms with E-state index in [0.717, 1.165) is 19.3 Å². The van der Waals surface area contributed by atoms with Crippen molar-refractivity contribution in [1.82, 2.24) is 0 Å². The van der Waals surface area contributed by atoms with E-state index in [1.165, 1.54) is 4.90 Å². The molecule has 1 aromatic rings. The largest absolute Gasteiger partial charge is 0.480 e. The van der Waals surface area contributed by atoms with Crippen LogP contribution in [0.3, 0.4) is 0 Å². The van der Waals surface area contributed by atoms with E-state index in [4.69, 9.17) is 5.11 Å². The van der Waals surface area contributed by atoms with Gasteiger partial charge in [-0.3, -0.25) is 9.59 Å². The normalized spacial score (nSPS) is 11.9. The average Bonchev–Trinajstić information content (AvgIpc) is 2.42. The monoisotopic (exact) mass is 263 g/mol. The highest BCUT2D eigenvalue weighted by molar-refractivity contribution is 5.98. The first-order chi connectivity index (χ1) is 9.06. The number of nitrogens with zero attached hydrogens (tertiary/aromatic N) is 1. The van der Waals surface area contributed by atoms with Gasteiger partial charge in [0.05, 0.1) is 0 Å². The third-order valence-corrected chi connectivity index (χ3v) is 3.04. The van der Waals surface area contributed by atoms with Gasteiger partial charge in [0.25, 0.3) is 0 Å². The predicted octanol–water partition coefficient (Wildman–Crippen LogP) is 2.93. The number of carboxylic acids is 1. The van der Waals surface area contributed by atoms with Crippen LogP contribution in [-0.2, 0) is 9.59 Å². The molecule has 0 aliphatic heterocycles. The van der Waals surface area contributed by atoms with Gasteiger partial charge in [0, 0.05) is 11.6 Å². The molecule has 4 heteroatoms. The molecule has 0 radical (unpaired) electrons. The maximum Gasteiger partial charge on any atom is 0.323 e. The number of carboxylic acid groups (broad SMARTS) is 1. The van der Waals surface area contributed by atoms with Gasteiger partial charge in [0.2, 0.25) is 5.91 Å². The summed E-state index contributed by atoms with van der Waals surface area (Å²) in [6.07, 6.45) is 2.79. The average molecular weight is 263 g/mol. The van der Waals surface area contributed by atoms with E-state index in [9.17, 15) is 9.59 Å². The number of para-hydroxylation sites is 1. The van der Waals surface area contributed by atoms with Crippen molar-refractivity contribution in [3.8, 4) is 0 Å². The van der Waals surface area contributed by atoms with Crippen molar-refractivity contribution in [3.63, 3.8) is 0 Å². The fourth-order valence-electron chi connectivity index (χ4n) is 1.94. The Bertz CT molecular complexity index is 417. The van der Waals surface area contributed by atoms with Crippen molar-refractivity contribution in [2.75, 3.05) is 11.4 Å². The van der Waals surface area contributed by atoms with E-state index in [1.807, 2.05) is 13.0 Å². The van der Waals surface area contributed by atoms with Crippen LogP contribution in [0.2, 0.25) is 0 Å². The fourth-order valence-corrected chi connectivity index (χ4v) is 1.94. The van der Waals surface area contributed by atoms with Crippen LogP contribution in [0.25, 0.3) is 0 Å². The van der Waals surface area contributed by atoms with Crippen LogP contribution in [0.4, 0.5) is 5.69 Å². The van der Waals surface area contributed by atoms with E-state index in [-0.39, 0.29) is 18.4 Å². The Morgan fingerprint density at radius 1 is 1.26 bits per heavy atom. The Hall–Kier alpha value is -1.84. The predicted molar refractivity (Wildman–Crippen MR) is 75.1 cm³/mol. The molecule has 0 heterocycles. The van der Waals surface area contributed by atoms with Crippen LogP contribution in [0.5, 0.6) is 0 Å². The summed E-state index contributed by atoms with van der Waals surface area (Å²) in [6.45, 7) is 3.64. The van der Waals surface area contributed by atoms with E-state index >= 15 is 0 Å². The zero-order valence-corrected chi connectivity index (χ0v) is 11.5. The first kappa shape index (κ1) is 15.2. The number of hydrogen-bond acceptors (Lipinski definition) is 2. The highest BCUT2D eigenvalue weighted by atomic mass is 16.4. The molecule has 1 amide bonds. The smallest absolute Gasteiger partial charge is 0.323 e. The highest BCUT2D eigenvalue weighted by Gasteiger charge is 2.23. The van der Waals surface area contributed by atoms with Gasteiger partial charge >= 0.3 is 5.97 Å². The minimum atomic E-state index is -1.00. The summed E-state index contributed by atoms with van der Waals surface area (Å²) in [4.78, 5) is 24.6. The number of carbonyl (C=O) groups excluding carboxylic acids is 1.